The summed E-state index contributed by atoms with van der Waals surface area (Å²) in [6, 6.07) is 19.3. The van der Waals surface area contributed by atoms with Crippen LogP contribution >= 0.6 is 15.9 Å². The molecule has 1 aliphatic rings. The Kier molecular flexibility index (Phi) is 6.11. The van der Waals surface area contributed by atoms with Gasteiger partial charge < -0.3 is 14.3 Å². The number of carboxylic acid groups (broad SMARTS) is 1. The number of amides is 1. The zero-order valence-corrected chi connectivity index (χ0v) is 19.5. The summed E-state index contributed by atoms with van der Waals surface area (Å²) in [4.78, 5) is 26.8. The zero-order valence-electron chi connectivity index (χ0n) is 17.9. The highest BCUT2D eigenvalue weighted by atomic mass is 79.9. The molecular weight excluding hydrogens is 474 g/mol. The van der Waals surface area contributed by atoms with Gasteiger partial charge in [0.05, 0.1) is 0 Å². The smallest absolute Gasteiger partial charge is 0.411 e. The molecule has 7 heteroatoms. The predicted molar refractivity (Wildman–Crippen MR) is 123 cm³/mol. The number of furan rings is 1. The Bertz CT molecular complexity index is 1110. The van der Waals surface area contributed by atoms with Crippen LogP contribution in [0, 0.1) is 0 Å². The maximum atomic E-state index is 13.2. The van der Waals surface area contributed by atoms with Crippen molar-refractivity contribution in [1.82, 2.24) is 4.90 Å². The van der Waals surface area contributed by atoms with E-state index in [-0.39, 0.29) is 24.8 Å². The van der Waals surface area contributed by atoms with Gasteiger partial charge >= 0.3 is 12.1 Å². The Morgan fingerprint density at radius 1 is 1.06 bits per heavy atom. The number of carboxylic acids is 1. The highest BCUT2D eigenvalue weighted by Crippen LogP contribution is 2.44. The zero-order chi connectivity index (χ0) is 22.9. The first-order valence-corrected chi connectivity index (χ1v) is 11.3. The topological polar surface area (TPSA) is 80.0 Å². The lowest BCUT2D eigenvalue weighted by Crippen LogP contribution is -2.53. The second-order valence-corrected chi connectivity index (χ2v) is 8.72. The second kappa shape index (κ2) is 8.82. The Balaban J connectivity index is 1.61. The molecule has 166 valence electrons. The molecule has 1 N–H and O–H groups in total. The normalized spacial score (nSPS) is 14.3. The van der Waals surface area contributed by atoms with Gasteiger partial charge in [0.25, 0.3) is 0 Å². The Morgan fingerprint density at radius 3 is 2.16 bits per heavy atom. The highest BCUT2D eigenvalue weighted by molar-refractivity contribution is 9.10. The number of aliphatic carboxylic acids is 1. The van der Waals surface area contributed by atoms with Gasteiger partial charge in [0.15, 0.2) is 10.2 Å². The minimum absolute atomic E-state index is 0.108. The average molecular weight is 498 g/mol. The van der Waals surface area contributed by atoms with Crippen molar-refractivity contribution in [3.63, 3.8) is 0 Å². The van der Waals surface area contributed by atoms with E-state index in [1.807, 2.05) is 43.3 Å². The summed E-state index contributed by atoms with van der Waals surface area (Å²) in [7, 11) is 0. The number of rotatable bonds is 7. The number of hydrogen-bond donors (Lipinski definition) is 1. The second-order valence-electron chi connectivity index (χ2n) is 7.94. The Labute approximate surface area is 194 Å². The molecule has 0 bridgehead atoms. The van der Waals surface area contributed by atoms with Crippen molar-refractivity contribution in [1.29, 1.82) is 0 Å². The van der Waals surface area contributed by atoms with Crippen LogP contribution in [0.15, 0.2) is 69.8 Å². The molecule has 0 radical (unpaired) electrons. The summed E-state index contributed by atoms with van der Waals surface area (Å²) >= 11 is 3.21. The summed E-state index contributed by atoms with van der Waals surface area (Å²) in [6.07, 6.45) is -0.124. The van der Waals surface area contributed by atoms with Gasteiger partial charge in [-0.15, -0.1) is 0 Å². The first kappa shape index (κ1) is 22.1. The fraction of sp³-hybridized carbons (Fsp3) is 0.280. The third-order valence-electron chi connectivity index (χ3n) is 6.01. The van der Waals surface area contributed by atoms with E-state index in [0.717, 1.165) is 22.3 Å². The van der Waals surface area contributed by atoms with E-state index in [1.54, 1.807) is 12.1 Å². The van der Waals surface area contributed by atoms with Crippen LogP contribution in [0.25, 0.3) is 11.1 Å². The first-order valence-electron chi connectivity index (χ1n) is 10.5. The molecular formula is C25H24BrNO5. The van der Waals surface area contributed by atoms with Crippen LogP contribution in [0.1, 0.15) is 43.1 Å². The van der Waals surface area contributed by atoms with Gasteiger partial charge in [-0.25, -0.2) is 9.59 Å². The predicted octanol–water partition coefficient (Wildman–Crippen LogP) is 6.00. The largest absolute Gasteiger partial charge is 0.479 e. The molecule has 32 heavy (non-hydrogen) atoms. The van der Waals surface area contributed by atoms with Crippen molar-refractivity contribution in [2.24, 2.45) is 0 Å². The molecule has 0 aliphatic heterocycles. The number of ether oxygens (including phenoxy) is 1. The van der Waals surface area contributed by atoms with Crippen LogP contribution in [-0.2, 0) is 15.1 Å². The summed E-state index contributed by atoms with van der Waals surface area (Å²) in [5.74, 6) is -1.15. The quantitative estimate of drug-likeness (QED) is 0.432. The van der Waals surface area contributed by atoms with E-state index in [9.17, 15) is 14.7 Å². The molecule has 4 rings (SSSR count). The fourth-order valence-electron chi connectivity index (χ4n) is 4.32. The summed E-state index contributed by atoms with van der Waals surface area (Å²) in [5, 5.41) is 10.1. The molecule has 3 aromatic rings. The number of nitrogens with zero attached hydrogens (tertiary/aromatic N) is 1. The van der Waals surface area contributed by atoms with Crippen molar-refractivity contribution in [3.8, 4) is 11.1 Å². The number of carbonyl (C=O) groups is 2. The third-order valence-corrected chi connectivity index (χ3v) is 6.44. The van der Waals surface area contributed by atoms with Crippen molar-refractivity contribution in [3.05, 3.63) is 82.2 Å². The third kappa shape index (κ3) is 3.71. The van der Waals surface area contributed by atoms with Gasteiger partial charge in [0, 0.05) is 12.5 Å². The first-order chi connectivity index (χ1) is 15.4. The Hall–Kier alpha value is -3.06. The molecule has 1 atom stereocenters. The Morgan fingerprint density at radius 2 is 1.66 bits per heavy atom. The number of benzene rings is 2. The molecule has 1 amide bonds. The fourth-order valence-corrected chi connectivity index (χ4v) is 4.63. The van der Waals surface area contributed by atoms with Crippen molar-refractivity contribution in [2.45, 2.75) is 31.7 Å². The molecule has 0 fully saturated rings. The van der Waals surface area contributed by atoms with Crippen LogP contribution < -0.4 is 0 Å². The van der Waals surface area contributed by atoms with Crippen molar-refractivity contribution in [2.75, 3.05) is 13.2 Å². The lowest BCUT2D eigenvalue weighted by Gasteiger charge is -2.35. The number of halogens is 1. The van der Waals surface area contributed by atoms with Gasteiger partial charge in [-0.1, -0.05) is 55.5 Å². The van der Waals surface area contributed by atoms with E-state index in [1.165, 1.54) is 11.8 Å². The van der Waals surface area contributed by atoms with Gasteiger partial charge in [0.1, 0.15) is 12.4 Å². The van der Waals surface area contributed by atoms with Gasteiger partial charge in [0.2, 0.25) is 0 Å². The molecule has 0 saturated heterocycles. The van der Waals surface area contributed by atoms with Crippen LogP contribution in [0.3, 0.4) is 0 Å². The van der Waals surface area contributed by atoms with E-state index in [4.69, 9.17) is 9.15 Å². The molecule has 1 unspecified atom stereocenters. The minimum atomic E-state index is -1.70. The summed E-state index contributed by atoms with van der Waals surface area (Å²) < 4.78 is 11.7. The van der Waals surface area contributed by atoms with E-state index in [2.05, 4.69) is 28.1 Å². The van der Waals surface area contributed by atoms with Crippen LogP contribution in [-0.4, -0.2) is 35.2 Å². The van der Waals surface area contributed by atoms with Crippen LogP contribution in [0.2, 0.25) is 0 Å². The lowest BCUT2D eigenvalue weighted by molar-refractivity contribution is -0.151. The van der Waals surface area contributed by atoms with Gasteiger partial charge in [-0.2, -0.15) is 0 Å². The lowest BCUT2D eigenvalue weighted by atomic mass is 9.96. The summed E-state index contributed by atoms with van der Waals surface area (Å²) in [6.45, 7) is 3.66. The molecule has 0 spiro atoms. The molecule has 0 saturated carbocycles. The van der Waals surface area contributed by atoms with Crippen molar-refractivity contribution < 1.29 is 23.8 Å². The van der Waals surface area contributed by atoms with Gasteiger partial charge in [-0.3, -0.25) is 4.90 Å². The monoisotopic (exact) mass is 497 g/mol. The molecule has 1 aliphatic carbocycles. The highest BCUT2D eigenvalue weighted by Gasteiger charge is 2.47. The maximum absolute atomic E-state index is 13.2. The standard InChI is InChI=1S/C25H24BrNO5/c1-3-14-27(25(2,23(28)29)21-12-13-22(26)32-21)24(30)31-15-20-18-10-6-4-8-16(18)17-9-5-7-11-19(17)20/h4-13,20H,3,14-15H2,1-2H3,(H,28,29). The number of carbonyl (C=O) groups excluding carboxylic acids is 1. The van der Waals surface area contributed by atoms with Gasteiger partial charge in [-0.05, 0) is 63.7 Å². The molecule has 6 nitrogen and oxygen atoms in total. The van der Waals surface area contributed by atoms with E-state index >= 15 is 0 Å². The SMILES string of the molecule is CCCN(C(=O)OCC1c2ccccc2-c2ccccc21)C(C)(C(=O)O)c1ccc(Br)o1. The van der Waals surface area contributed by atoms with E-state index < -0.39 is 17.6 Å². The van der Waals surface area contributed by atoms with Crippen LogP contribution in [0.5, 0.6) is 0 Å². The van der Waals surface area contributed by atoms with Crippen molar-refractivity contribution >= 4 is 28.0 Å². The molecule has 2 aromatic carbocycles. The van der Waals surface area contributed by atoms with E-state index in [0.29, 0.717) is 11.1 Å². The maximum Gasteiger partial charge on any atom is 0.411 e. The average Bonchev–Trinajstić information content (AvgIpc) is 3.37. The summed E-state index contributed by atoms with van der Waals surface area (Å²) in [5.41, 5.74) is 2.75. The molecule has 1 heterocycles. The number of hydrogen-bond acceptors (Lipinski definition) is 4. The minimum Gasteiger partial charge on any atom is -0.479 e. The molecule has 1 aromatic heterocycles. The van der Waals surface area contributed by atoms with Crippen LogP contribution in [0.4, 0.5) is 4.79 Å². The number of fused-ring (bicyclic) bond motifs is 3.